The molecule has 1 unspecified atom stereocenters. The van der Waals surface area contributed by atoms with E-state index in [1.54, 1.807) is 20.9 Å². The van der Waals surface area contributed by atoms with Gasteiger partial charge in [0.25, 0.3) is 0 Å². The molecule has 1 N–H and O–H groups in total. The van der Waals surface area contributed by atoms with Crippen molar-refractivity contribution >= 4 is 5.97 Å². The number of esters is 1. The number of ether oxygens (including phenoxy) is 2. The Hall–Kier alpha value is -1.69. The number of carbonyl (C=O) groups is 1. The molecule has 0 heterocycles. The van der Waals surface area contributed by atoms with Crippen molar-refractivity contribution in [1.29, 1.82) is 0 Å². The molecule has 0 aliphatic rings. The summed E-state index contributed by atoms with van der Waals surface area (Å²) in [6.07, 6.45) is 1.02. The van der Waals surface area contributed by atoms with E-state index in [4.69, 9.17) is 9.47 Å². The zero-order valence-electron chi connectivity index (χ0n) is 12.5. The van der Waals surface area contributed by atoms with E-state index in [-0.39, 0.29) is 18.3 Å². The molecule has 0 aliphatic carbocycles. The highest BCUT2D eigenvalue weighted by Gasteiger charge is 2.32. The molecule has 0 aromatic heterocycles. The van der Waals surface area contributed by atoms with Gasteiger partial charge in [-0.15, -0.1) is 0 Å². The average Bonchev–Trinajstić information content (AvgIpc) is 2.42. The number of halogens is 2. The molecular weight excluding hydrogens is 280 g/mol. The van der Waals surface area contributed by atoms with Crippen molar-refractivity contribution in [3.05, 3.63) is 29.8 Å². The van der Waals surface area contributed by atoms with Gasteiger partial charge in [-0.25, -0.2) is 8.78 Å². The Balaban J connectivity index is 2.46. The lowest BCUT2D eigenvalue weighted by Gasteiger charge is -2.26. The summed E-state index contributed by atoms with van der Waals surface area (Å²) in [4.78, 5) is 11.8. The smallest absolute Gasteiger partial charge is 0.326 e. The first kappa shape index (κ1) is 17.4. The van der Waals surface area contributed by atoms with Crippen LogP contribution in [0.2, 0.25) is 0 Å². The quantitative estimate of drug-likeness (QED) is 0.592. The summed E-state index contributed by atoms with van der Waals surface area (Å²) in [5.41, 5.74) is -0.799. The molecule has 0 saturated heterocycles. The zero-order chi connectivity index (χ0) is 15.9. The first-order chi connectivity index (χ1) is 9.91. The Labute approximate surface area is 123 Å². The topological polar surface area (TPSA) is 47.6 Å². The molecule has 0 saturated carbocycles. The fourth-order valence-corrected chi connectivity index (χ4v) is 1.85. The monoisotopic (exact) mass is 301 g/mol. The van der Waals surface area contributed by atoms with Gasteiger partial charge in [0, 0.05) is 18.2 Å². The number of nitrogens with one attached hydrogen (secondary N) is 1. The van der Waals surface area contributed by atoms with Crippen LogP contribution in [0.4, 0.5) is 8.78 Å². The van der Waals surface area contributed by atoms with Crippen LogP contribution < -0.4 is 10.1 Å². The fourth-order valence-electron chi connectivity index (χ4n) is 1.85. The molecule has 1 atom stereocenters. The van der Waals surface area contributed by atoms with Crippen LogP contribution in [0.5, 0.6) is 5.75 Å². The van der Waals surface area contributed by atoms with Crippen LogP contribution >= 0.6 is 0 Å². The van der Waals surface area contributed by atoms with Crippen molar-refractivity contribution in [2.45, 2.75) is 32.2 Å². The predicted molar refractivity (Wildman–Crippen MR) is 75.2 cm³/mol. The molecule has 1 rings (SSSR count). The minimum absolute atomic E-state index is 0.134. The molecule has 0 radical (unpaired) electrons. The maximum Gasteiger partial charge on any atom is 0.326 e. The van der Waals surface area contributed by atoms with Crippen LogP contribution in [0, 0.1) is 11.6 Å². The zero-order valence-corrected chi connectivity index (χ0v) is 12.5. The van der Waals surface area contributed by atoms with Gasteiger partial charge in [0.15, 0.2) is 0 Å². The molecule has 1 aromatic rings. The Bertz CT molecular complexity index is 462. The largest absolute Gasteiger partial charge is 0.493 e. The number of rotatable bonds is 8. The second-order valence-electron chi connectivity index (χ2n) is 4.86. The molecule has 0 spiro atoms. The third-order valence-electron chi connectivity index (χ3n) is 3.20. The minimum Gasteiger partial charge on any atom is -0.493 e. The van der Waals surface area contributed by atoms with Gasteiger partial charge in [0.2, 0.25) is 0 Å². The van der Waals surface area contributed by atoms with Gasteiger partial charge < -0.3 is 14.8 Å². The van der Waals surface area contributed by atoms with E-state index in [1.165, 1.54) is 0 Å². The number of hydrogen-bond donors (Lipinski definition) is 1. The second kappa shape index (κ2) is 7.93. The van der Waals surface area contributed by atoms with Crippen LogP contribution in [0.15, 0.2) is 18.2 Å². The molecule has 0 amide bonds. The number of likely N-dealkylation sites (N-methyl/N-ethyl adjacent to an activating group) is 1. The van der Waals surface area contributed by atoms with Gasteiger partial charge in [-0.1, -0.05) is 0 Å². The van der Waals surface area contributed by atoms with E-state index in [1.807, 2.05) is 0 Å². The molecule has 0 aliphatic heterocycles. The molecule has 0 fully saturated rings. The summed E-state index contributed by atoms with van der Waals surface area (Å²) < 4.78 is 36.3. The molecule has 1 aromatic carbocycles. The van der Waals surface area contributed by atoms with E-state index in [0.29, 0.717) is 19.4 Å². The standard InChI is InChI=1S/C15H21F2NO3/c1-4-20-14(19)15(2,18-3)6-5-7-21-13-9-11(16)8-12(17)10-13/h8-10,18H,4-7H2,1-3H3. The van der Waals surface area contributed by atoms with Crippen molar-refractivity contribution in [2.24, 2.45) is 0 Å². The van der Waals surface area contributed by atoms with E-state index in [0.717, 1.165) is 18.2 Å². The van der Waals surface area contributed by atoms with Crippen molar-refractivity contribution in [2.75, 3.05) is 20.3 Å². The van der Waals surface area contributed by atoms with E-state index in [9.17, 15) is 13.6 Å². The summed E-state index contributed by atoms with van der Waals surface area (Å²) in [5.74, 6) is -1.56. The van der Waals surface area contributed by atoms with Crippen molar-refractivity contribution in [3.8, 4) is 5.75 Å². The highest BCUT2D eigenvalue weighted by atomic mass is 19.1. The van der Waals surface area contributed by atoms with Crippen LogP contribution in [0.3, 0.4) is 0 Å². The summed E-state index contributed by atoms with van der Waals surface area (Å²) in [7, 11) is 1.68. The number of hydrogen-bond acceptors (Lipinski definition) is 4. The summed E-state index contributed by atoms with van der Waals surface area (Å²) in [6, 6.07) is 3.02. The number of benzene rings is 1. The molecule has 4 nitrogen and oxygen atoms in total. The lowest BCUT2D eigenvalue weighted by molar-refractivity contribution is -0.150. The Morgan fingerprint density at radius 3 is 2.43 bits per heavy atom. The third-order valence-corrected chi connectivity index (χ3v) is 3.20. The Morgan fingerprint density at radius 1 is 1.29 bits per heavy atom. The van der Waals surface area contributed by atoms with Gasteiger partial charge in [0.05, 0.1) is 13.2 Å². The fraction of sp³-hybridized carbons (Fsp3) is 0.533. The summed E-state index contributed by atoms with van der Waals surface area (Å²) in [6.45, 7) is 4.05. The Morgan fingerprint density at radius 2 is 1.90 bits per heavy atom. The second-order valence-corrected chi connectivity index (χ2v) is 4.86. The van der Waals surface area contributed by atoms with E-state index < -0.39 is 17.2 Å². The number of carbonyl (C=O) groups excluding carboxylic acids is 1. The lowest BCUT2D eigenvalue weighted by Crippen LogP contribution is -2.48. The molecular formula is C15H21F2NO3. The highest BCUT2D eigenvalue weighted by Crippen LogP contribution is 2.18. The van der Waals surface area contributed by atoms with E-state index in [2.05, 4.69) is 5.32 Å². The molecule has 118 valence electrons. The molecule has 21 heavy (non-hydrogen) atoms. The SMILES string of the molecule is CCOC(=O)C(C)(CCCOc1cc(F)cc(F)c1)NC. The van der Waals surface area contributed by atoms with Gasteiger partial charge in [-0.05, 0) is 33.7 Å². The molecule has 0 bridgehead atoms. The first-order valence-corrected chi connectivity index (χ1v) is 6.86. The average molecular weight is 301 g/mol. The lowest BCUT2D eigenvalue weighted by atomic mass is 9.96. The maximum absolute atomic E-state index is 13.0. The normalized spacial score (nSPS) is 13.6. The highest BCUT2D eigenvalue weighted by molar-refractivity contribution is 5.80. The minimum atomic E-state index is -0.799. The predicted octanol–water partition coefficient (Wildman–Crippen LogP) is 2.67. The van der Waals surface area contributed by atoms with Crippen molar-refractivity contribution in [1.82, 2.24) is 5.32 Å². The van der Waals surface area contributed by atoms with Crippen molar-refractivity contribution < 1.29 is 23.0 Å². The van der Waals surface area contributed by atoms with Crippen LogP contribution in [0.1, 0.15) is 26.7 Å². The van der Waals surface area contributed by atoms with Gasteiger partial charge >= 0.3 is 5.97 Å². The molecule has 6 heteroatoms. The van der Waals surface area contributed by atoms with Crippen molar-refractivity contribution in [3.63, 3.8) is 0 Å². The van der Waals surface area contributed by atoms with Crippen LogP contribution in [-0.2, 0) is 9.53 Å². The third kappa shape index (κ3) is 5.30. The van der Waals surface area contributed by atoms with Gasteiger partial charge in [-0.3, -0.25) is 4.79 Å². The van der Waals surface area contributed by atoms with E-state index >= 15 is 0 Å². The van der Waals surface area contributed by atoms with Crippen LogP contribution in [-0.4, -0.2) is 31.8 Å². The summed E-state index contributed by atoms with van der Waals surface area (Å²) in [5, 5.41) is 2.93. The van der Waals surface area contributed by atoms with Gasteiger partial charge in [-0.2, -0.15) is 0 Å². The Kier molecular flexibility index (Phi) is 6.55. The van der Waals surface area contributed by atoms with Gasteiger partial charge in [0.1, 0.15) is 22.9 Å². The summed E-state index contributed by atoms with van der Waals surface area (Å²) >= 11 is 0. The maximum atomic E-state index is 13.0. The first-order valence-electron chi connectivity index (χ1n) is 6.86. The van der Waals surface area contributed by atoms with Crippen LogP contribution in [0.25, 0.3) is 0 Å².